The standard InChI is InChI=1S/C18H19IN2O3/c1-11-7-8-14(9-15(11)19)18(23)21-20-16(22)10-24-17-12(2)5-4-6-13(17)3/h4-9H,10H2,1-3H3,(H,20,22)(H,21,23). The molecule has 5 nitrogen and oxygen atoms in total. The van der Waals surface area contributed by atoms with Gasteiger partial charge in [0.25, 0.3) is 11.8 Å². The normalized spacial score (nSPS) is 10.2. The highest BCUT2D eigenvalue weighted by Crippen LogP contribution is 2.21. The zero-order chi connectivity index (χ0) is 17.7. The summed E-state index contributed by atoms with van der Waals surface area (Å²) in [6.07, 6.45) is 0. The fourth-order valence-electron chi connectivity index (χ4n) is 2.13. The van der Waals surface area contributed by atoms with Crippen molar-refractivity contribution in [2.24, 2.45) is 0 Å². The van der Waals surface area contributed by atoms with E-state index in [4.69, 9.17) is 4.74 Å². The van der Waals surface area contributed by atoms with Gasteiger partial charge in [0, 0.05) is 9.13 Å². The van der Waals surface area contributed by atoms with Gasteiger partial charge >= 0.3 is 0 Å². The molecule has 2 N–H and O–H groups in total. The van der Waals surface area contributed by atoms with E-state index in [9.17, 15) is 9.59 Å². The number of benzene rings is 2. The van der Waals surface area contributed by atoms with Gasteiger partial charge in [0.1, 0.15) is 5.75 Å². The van der Waals surface area contributed by atoms with Crippen molar-refractivity contribution in [1.29, 1.82) is 0 Å². The molecule has 0 aliphatic carbocycles. The minimum Gasteiger partial charge on any atom is -0.483 e. The molecule has 0 aliphatic heterocycles. The molecule has 2 amide bonds. The molecular weight excluding hydrogens is 419 g/mol. The van der Waals surface area contributed by atoms with E-state index in [2.05, 4.69) is 33.4 Å². The molecule has 2 aromatic rings. The van der Waals surface area contributed by atoms with Crippen LogP contribution in [0.4, 0.5) is 0 Å². The second-order valence-corrected chi connectivity index (χ2v) is 6.64. The third-order valence-corrected chi connectivity index (χ3v) is 4.67. The van der Waals surface area contributed by atoms with Crippen LogP contribution in [0.2, 0.25) is 0 Å². The summed E-state index contributed by atoms with van der Waals surface area (Å²) < 4.78 is 6.53. The van der Waals surface area contributed by atoms with E-state index in [0.29, 0.717) is 11.3 Å². The topological polar surface area (TPSA) is 67.4 Å². The van der Waals surface area contributed by atoms with Crippen LogP contribution in [0.3, 0.4) is 0 Å². The highest BCUT2D eigenvalue weighted by atomic mass is 127. The molecule has 0 atom stereocenters. The lowest BCUT2D eigenvalue weighted by molar-refractivity contribution is -0.123. The van der Waals surface area contributed by atoms with E-state index in [1.807, 2.05) is 45.0 Å². The number of nitrogens with one attached hydrogen (secondary N) is 2. The third kappa shape index (κ3) is 4.70. The maximum absolute atomic E-state index is 12.0. The minimum absolute atomic E-state index is 0.169. The number of hydrazine groups is 1. The highest BCUT2D eigenvalue weighted by Gasteiger charge is 2.10. The van der Waals surface area contributed by atoms with Crippen molar-refractivity contribution in [3.05, 3.63) is 62.2 Å². The van der Waals surface area contributed by atoms with Crippen LogP contribution in [0.1, 0.15) is 27.0 Å². The van der Waals surface area contributed by atoms with Crippen LogP contribution in [-0.4, -0.2) is 18.4 Å². The van der Waals surface area contributed by atoms with Crippen LogP contribution < -0.4 is 15.6 Å². The summed E-state index contributed by atoms with van der Waals surface area (Å²) in [4.78, 5) is 23.9. The Hall–Kier alpha value is -2.09. The molecule has 2 rings (SSSR count). The lowest BCUT2D eigenvalue weighted by Gasteiger charge is -2.12. The predicted molar refractivity (Wildman–Crippen MR) is 101 cm³/mol. The molecule has 0 spiro atoms. The summed E-state index contributed by atoms with van der Waals surface area (Å²) in [6, 6.07) is 11.1. The van der Waals surface area contributed by atoms with Gasteiger partial charge in [0.2, 0.25) is 0 Å². The first-order valence-corrected chi connectivity index (χ1v) is 8.50. The Morgan fingerprint density at radius 3 is 2.29 bits per heavy atom. The Kier molecular flexibility index (Phi) is 6.19. The van der Waals surface area contributed by atoms with Crippen LogP contribution in [0.25, 0.3) is 0 Å². The second kappa shape index (κ2) is 8.14. The molecule has 0 fully saturated rings. The molecule has 0 saturated carbocycles. The molecule has 0 heterocycles. The summed E-state index contributed by atoms with van der Waals surface area (Å²) >= 11 is 2.16. The molecule has 0 aliphatic rings. The minimum atomic E-state index is -0.423. The Morgan fingerprint density at radius 2 is 1.67 bits per heavy atom. The summed E-state index contributed by atoms with van der Waals surface area (Å²) in [7, 11) is 0. The largest absolute Gasteiger partial charge is 0.483 e. The number of amides is 2. The number of carbonyl (C=O) groups is 2. The van der Waals surface area contributed by atoms with E-state index < -0.39 is 5.91 Å². The molecule has 0 bridgehead atoms. The van der Waals surface area contributed by atoms with Crippen molar-refractivity contribution in [2.75, 3.05) is 6.61 Å². The lowest BCUT2D eigenvalue weighted by Crippen LogP contribution is -2.43. The number of carbonyl (C=O) groups excluding carboxylic acids is 2. The van der Waals surface area contributed by atoms with Gasteiger partial charge in [-0.15, -0.1) is 0 Å². The highest BCUT2D eigenvalue weighted by molar-refractivity contribution is 14.1. The average Bonchev–Trinajstić information content (AvgIpc) is 2.54. The molecule has 0 aromatic heterocycles. The van der Waals surface area contributed by atoms with E-state index in [1.54, 1.807) is 12.1 Å². The average molecular weight is 438 g/mol. The van der Waals surface area contributed by atoms with E-state index in [-0.39, 0.29) is 12.5 Å². The monoisotopic (exact) mass is 438 g/mol. The van der Waals surface area contributed by atoms with Crippen molar-refractivity contribution >= 4 is 34.4 Å². The van der Waals surface area contributed by atoms with Crippen LogP contribution in [0.5, 0.6) is 5.75 Å². The Morgan fingerprint density at radius 1 is 1.00 bits per heavy atom. The Balaban J connectivity index is 1.87. The van der Waals surface area contributed by atoms with Crippen LogP contribution in [0.15, 0.2) is 36.4 Å². The van der Waals surface area contributed by atoms with E-state index in [1.165, 1.54) is 0 Å². The van der Waals surface area contributed by atoms with Crippen molar-refractivity contribution < 1.29 is 14.3 Å². The fourth-order valence-corrected chi connectivity index (χ4v) is 2.65. The third-order valence-electron chi connectivity index (χ3n) is 3.51. The maximum Gasteiger partial charge on any atom is 0.276 e. The smallest absolute Gasteiger partial charge is 0.276 e. The van der Waals surface area contributed by atoms with Crippen molar-refractivity contribution in [3.63, 3.8) is 0 Å². The lowest BCUT2D eigenvalue weighted by atomic mass is 10.1. The first-order chi connectivity index (χ1) is 11.4. The van der Waals surface area contributed by atoms with Gasteiger partial charge < -0.3 is 4.74 Å². The molecule has 6 heteroatoms. The van der Waals surface area contributed by atoms with Crippen molar-refractivity contribution in [2.45, 2.75) is 20.8 Å². The number of hydrogen-bond donors (Lipinski definition) is 2. The summed E-state index contributed by atoms with van der Waals surface area (Å²) in [6.45, 7) is 5.63. The molecule has 0 radical (unpaired) electrons. The predicted octanol–water partition coefficient (Wildman–Crippen LogP) is 3.06. The van der Waals surface area contributed by atoms with Gasteiger partial charge in [0.05, 0.1) is 0 Å². The summed E-state index contributed by atoms with van der Waals surface area (Å²) in [5, 5.41) is 0. The van der Waals surface area contributed by atoms with Gasteiger partial charge in [0.15, 0.2) is 6.61 Å². The molecule has 24 heavy (non-hydrogen) atoms. The molecule has 2 aromatic carbocycles. The van der Waals surface area contributed by atoms with Crippen LogP contribution in [-0.2, 0) is 4.79 Å². The van der Waals surface area contributed by atoms with Gasteiger partial charge in [-0.1, -0.05) is 24.3 Å². The first kappa shape index (κ1) is 18.3. The number of para-hydroxylation sites is 1. The SMILES string of the molecule is Cc1ccc(C(=O)NNC(=O)COc2c(C)cccc2C)cc1I. The van der Waals surface area contributed by atoms with Crippen LogP contribution >= 0.6 is 22.6 Å². The molecule has 0 saturated heterocycles. The Labute approximate surface area is 154 Å². The van der Waals surface area contributed by atoms with E-state index in [0.717, 1.165) is 20.3 Å². The van der Waals surface area contributed by atoms with Gasteiger partial charge in [-0.05, 0) is 72.2 Å². The second-order valence-electron chi connectivity index (χ2n) is 5.48. The molecular formula is C18H19IN2O3. The molecule has 0 unspecified atom stereocenters. The van der Waals surface area contributed by atoms with Gasteiger partial charge in [-0.3, -0.25) is 20.4 Å². The zero-order valence-corrected chi connectivity index (χ0v) is 15.9. The zero-order valence-electron chi connectivity index (χ0n) is 13.8. The fraction of sp³-hybridized carbons (Fsp3) is 0.222. The van der Waals surface area contributed by atoms with Gasteiger partial charge in [-0.25, -0.2) is 0 Å². The van der Waals surface area contributed by atoms with Crippen LogP contribution in [0, 0.1) is 24.3 Å². The quantitative estimate of drug-likeness (QED) is 0.570. The van der Waals surface area contributed by atoms with Gasteiger partial charge in [-0.2, -0.15) is 0 Å². The summed E-state index contributed by atoms with van der Waals surface area (Å²) in [5.74, 6) is -0.104. The number of halogens is 1. The number of ether oxygens (including phenoxy) is 1. The number of rotatable bonds is 4. The number of hydrogen-bond acceptors (Lipinski definition) is 3. The number of aryl methyl sites for hydroxylation is 3. The molecule has 126 valence electrons. The maximum atomic E-state index is 12.0. The van der Waals surface area contributed by atoms with Crippen molar-refractivity contribution in [3.8, 4) is 5.75 Å². The van der Waals surface area contributed by atoms with Crippen molar-refractivity contribution in [1.82, 2.24) is 10.9 Å². The van der Waals surface area contributed by atoms with E-state index >= 15 is 0 Å². The summed E-state index contributed by atoms with van der Waals surface area (Å²) in [5.41, 5.74) is 8.25. The Bertz CT molecular complexity index is 755. The first-order valence-electron chi connectivity index (χ1n) is 7.43.